The zero-order chi connectivity index (χ0) is 9.72. The Morgan fingerprint density at radius 1 is 1.15 bits per heavy atom. The fraction of sp³-hybridized carbons (Fsp3) is 0.667. The first-order valence-corrected chi connectivity index (χ1v) is 3.22. The van der Waals surface area contributed by atoms with Crippen LogP contribution in [0, 0.1) is 0 Å². The molecule has 0 aromatic heterocycles. The molecule has 0 heterocycles. The average Bonchev–Trinajstić information content (AvgIpc) is 2.02. The summed E-state index contributed by atoms with van der Waals surface area (Å²) in [5.74, 6) is -2.87. The molecule has 1 radical (unpaired) electrons. The Balaban J connectivity index is 0. The number of rotatable bonds is 5. The number of hydrogen-bond acceptors (Lipinski definition) is 5. The number of aliphatic hydroxyl groups excluding tert-OH is 3. The Morgan fingerprint density at radius 3 is 1.92 bits per heavy atom. The number of Topliss-reactive ketones (excluding diaryl/α,β-unsaturated/α-hetero) is 1. The van der Waals surface area contributed by atoms with Gasteiger partial charge in [0.15, 0.2) is 0 Å². The van der Waals surface area contributed by atoms with Gasteiger partial charge < -0.3 is 20.4 Å². The van der Waals surface area contributed by atoms with Gasteiger partial charge in [-0.3, -0.25) is 4.79 Å². The normalized spacial score (nSPS) is 14.1. The van der Waals surface area contributed by atoms with Gasteiger partial charge in [0.05, 0.1) is 12.7 Å². The molecule has 0 saturated heterocycles. The maximum atomic E-state index is 10.4. The van der Waals surface area contributed by atoms with Crippen molar-refractivity contribution in [3.8, 4) is 0 Å². The molecule has 0 aliphatic carbocycles. The van der Waals surface area contributed by atoms with Crippen LogP contribution in [0.15, 0.2) is 0 Å². The molecule has 6 nitrogen and oxygen atoms in total. The predicted octanol–water partition coefficient (Wildman–Crippen LogP) is -2.64. The minimum absolute atomic E-state index is 0. The zero-order valence-electron chi connectivity index (χ0n) is 7.17. The molecule has 0 fully saturated rings. The summed E-state index contributed by atoms with van der Waals surface area (Å²) >= 11 is 0. The van der Waals surface area contributed by atoms with E-state index < -0.39 is 37.0 Å². The third kappa shape index (κ3) is 6.14. The fourth-order valence-electron chi connectivity index (χ4n) is 0.535. The SMILES string of the molecule is O=C(O)C(=O)C[C@H](O)[C@H](O)CO.[Na]. The minimum atomic E-state index is -1.67. The van der Waals surface area contributed by atoms with Gasteiger partial charge in [-0.05, 0) is 0 Å². The summed E-state index contributed by atoms with van der Waals surface area (Å²) in [6.07, 6.45) is -3.70. The van der Waals surface area contributed by atoms with Crippen LogP contribution in [-0.4, -0.2) is 80.6 Å². The molecular formula is C6H10NaO6. The largest absolute Gasteiger partial charge is 0.475 e. The summed E-state index contributed by atoms with van der Waals surface area (Å²) in [5.41, 5.74) is 0. The molecule has 2 atom stereocenters. The maximum Gasteiger partial charge on any atom is 0.372 e. The molecule has 0 saturated carbocycles. The molecule has 0 rings (SSSR count). The van der Waals surface area contributed by atoms with Gasteiger partial charge in [-0.25, -0.2) is 4.79 Å². The van der Waals surface area contributed by atoms with E-state index in [0.717, 1.165) is 0 Å². The van der Waals surface area contributed by atoms with Gasteiger partial charge in [0.25, 0.3) is 0 Å². The molecule has 13 heavy (non-hydrogen) atoms. The summed E-state index contributed by atoms with van der Waals surface area (Å²) in [7, 11) is 0. The molecule has 0 unspecified atom stereocenters. The van der Waals surface area contributed by atoms with Gasteiger partial charge in [0, 0.05) is 36.0 Å². The molecule has 4 N–H and O–H groups in total. The Kier molecular flexibility index (Phi) is 8.85. The van der Waals surface area contributed by atoms with Gasteiger partial charge in [-0.2, -0.15) is 0 Å². The molecule has 0 aliphatic rings. The standard InChI is InChI=1S/C6H10O6.Na/c7-2-5(10)3(8)1-4(9)6(11)12;/h3,5,7-8,10H,1-2H2,(H,11,12);/t3-,5+;/m0./s1. The van der Waals surface area contributed by atoms with Crippen LogP contribution in [0.25, 0.3) is 0 Å². The van der Waals surface area contributed by atoms with E-state index in [1.54, 1.807) is 0 Å². The number of carbonyl (C=O) groups is 2. The quantitative estimate of drug-likeness (QED) is 0.285. The van der Waals surface area contributed by atoms with Crippen molar-refractivity contribution >= 4 is 41.3 Å². The average molecular weight is 201 g/mol. The van der Waals surface area contributed by atoms with Crippen LogP contribution in [0.2, 0.25) is 0 Å². The minimum Gasteiger partial charge on any atom is -0.475 e. The van der Waals surface area contributed by atoms with Crippen LogP contribution in [0.1, 0.15) is 6.42 Å². The van der Waals surface area contributed by atoms with E-state index in [1.807, 2.05) is 0 Å². The van der Waals surface area contributed by atoms with Crippen molar-refractivity contribution in [1.29, 1.82) is 0 Å². The number of hydrogen-bond donors (Lipinski definition) is 4. The Bertz CT molecular complexity index is 182. The molecule has 0 spiro atoms. The molecule has 0 bridgehead atoms. The molecule has 7 heteroatoms. The Morgan fingerprint density at radius 2 is 1.62 bits per heavy atom. The predicted molar refractivity (Wildman–Crippen MR) is 42.1 cm³/mol. The number of aliphatic hydroxyl groups is 3. The van der Waals surface area contributed by atoms with E-state index in [4.69, 9.17) is 20.4 Å². The number of carboxylic acid groups (broad SMARTS) is 1. The second kappa shape index (κ2) is 7.43. The summed E-state index contributed by atoms with van der Waals surface area (Å²) in [4.78, 5) is 20.4. The first kappa shape index (κ1) is 15.5. The molecule has 0 amide bonds. The van der Waals surface area contributed by atoms with Gasteiger partial charge >= 0.3 is 5.97 Å². The van der Waals surface area contributed by atoms with Crippen molar-refractivity contribution in [2.45, 2.75) is 18.6 Å². The van der Waals surface area contributed by atoms with Gasteiger partial charge in [-0.15, -0.1) is 0 Å². The topological polar surface area (TPSA) is 115 Å². The number of carbonyl (C=O) groups excluding carboxylic acids is 1. The van der Waals surface area contributed by atoms with Gasteiger partial charge in [0.2, 0.25) is 5.78 Å². The molecule has 0 aromatic carbocycles. The molecule has 0 aliphatic heterocycles. The second-order valence-corrected chi connectivity index (χ2v) is 2.25. The van der Waals surface area contributed by atoms with Crippen molar-refractivity contribution < 1.29 is 30.0 Å². The molecular weight excluding hydrogens is 191 g/mol. The van der Waals surface area contributed by atoms with E-state index in [9.17, 15) is 9.59 Å². The molecule has 0 aromatic rings. The number of aliphatic carboxylic acids is 1. The van der Waals surface area contributed by atoms with Crippen molar-refractivity contribution in [2.24, 2.45) is 0 Å². The first-order chi connectivity index (χ1) is 5.49. The van der Waals surface area contributed by atoms with Crippen molar-refractivity contribution in [3.63, 3.8) is 0 Å². The Labute approximate surface area is 96.5 Å². The summed E-state index contributed by atoms with van der Waals surface area (Å²) in [6, 6.07) is 0. The van der Waals surface area contributed by atoms with Crippen LogP contribution in [0.5, 0.6) is 0 Å². The van der Waals surface area contributed by atoms with Crippen molar-refractivity contribution in [3.05, 3.63) is 0 Å². The fourth-order valence-corrected chi connectivity index (χ4v) is 0.535. The van der Waals surface area contributed by atoms with Crippen LogP contribution in [-0.2, 0) is 9.59 Å². The summed E-state index contributed by atoms with van der Waals surface area (Å²) < 4.78 is 0. The van der Waals surface area contributed by atoms with Crippen LogP contribution in [0.3, 0.4) is 0 Å². The van der Waals surface area contributed by atoms with Gasteiger partial charge in [-0.1, -0.05) is 0 Å². The van der Waals surface area contributed by atoms with Crippen LogP contribution in [0.4, 0.5) is 0 Å². The van der Waals surface area contributed by atoms with Crippen molar-refractivity contribution in [1.82, 2.24) is 0 Å². The van der Waals surface area contributed by atoms with E-state index in [0.29, 0.717) is 0 Å². The van der Waals surface area contributed by atoms with Gasteiger partial charge in [0.1, 0.15) is 6.10 Å². The summed E-state index contributed by atoms with van der Waals surface area (Å²) in [6.45, 7) is -0.714. The van der Waals surface area contributed by atoms with Crippen molar-refractivity contribution in [2.75, 3.05) is 6.61 Å². The Hall–Kier alpha value is 0.0200. The third-order valence-electron chi connectivity index (χ3n) is 1.26. The smallest absolute Gasteiger partial charge is 0.372 e. The van der Waals surface area contributed by atoms with Crippen LogP contribution < -0.4 is 0 Å². The third-order valence-corrected chi connectivity index (χ3v) is 1.26. The van der Waals surface area contributed by atoms with E-state index in [-0.39, 0.29) is 29.6 Å². The zero-order valence-corrected chi connectivity index (χ0v) is 9.17. The number of carboxylic acids is 1. The summed E-state index contributed by atoms with van der Waals surface area (Å²) in [5, 5.41) is 33.9. The van der Waals surface area contributed by atoms with E-state index >= 15 is 0 Å². The first-order valence-electron chi connectivity index (χ1n) is 3.22. The second-order valence-electron chi connectivity index (χ2n) is 2.25. The van der Waals surface area contributed by atoms with E-state index in [1.165, 1.54) is 0 Å². The maximum absolute atomic E-state index is 10.4. The van der Waals surface area contributed by atoms with E-state index in [2.05, 4.69) is 0 Å². The van der Waals surface area contributed by atoms with Crippen LogP contribution >= 0.6 is 0 Å². The molecule has 71 valence electrons. The monoisotopic (exact) mass is 201 g/mol. The number of ketones is 1.